The van der Waals surface area contributed by atoms with Gasteiger partial charge in [0.05, 0.1) is 23.1 Å². The zero-order valence-corrected chi connectivity index (χ0v) is 19.5. The van der Waals surface area contributed by atoms with Gasteiger partial charge in [-0.25, -0.2) is 9.37 Å². The van der Waals surface area contributed by atoms with Crippen molar-refractivity contribution in [2.45, 2.75) is 38.5 Å². The molecule has 0 saturated heterocycles. The van der Waals surface area contributed by atoms with Crippen LogP contribution < -0.4 is 10.6 Å². The summed E-state index contributed by atoms with van der Waals surface area (Å²) in [5, 5.41) is 14.9. The van der Waals surface area contributed by atoms with Gasteiger partial charge in [0.25, 0.3) is 5.91 Å². The van der Waals surface area contributed by atoms with E-state index in [9.17, 15) is 14.0 Å². The van der Waals surface area contributed by atoms with Crippen molar-refractivity contribution in [3.63, 3.8) is 0 Å². The molecule has 0 saturated carbocycles. The first-order chi connectivity index (χ1) is 15.3. The van der Waals surface area contributed by atoms with Crippen LogP contribution in [0.15, 0.2) is 42.1 Å². The number of nitrogens with zero attached hydrogens (tertiary/aromatic N) is 4. The van der Waals surface area contributed by atoms with E-state index in [0.717, 1.165) is 10.6 Å². The van der Waals surface area contributed by atoms with Crippen molar-refractivity contribution >= 4 is 40.0 Å². The Hall–Kier alpha value is -3.05. The van der Waals surface area contributed by atoms with E-state index in [0.29, 0.717) is 22.7 Å². The van der Waals surface area contributed by atoms with E-state index in [1.54, 1.807) is 23.6 Å². The molecule has 2 N–H and O–H groups in total. The first-order valence-electron chi connectivity index (χ1n) is 9.76. The first-order valence-corrected chi connectivity index (χ1v) is 11.6. The summed E-state index contributed by atoms with van der Waals surface area (Å²) in [6.07, 6.45) is 1.67. The highest BCUT2D eigenvalue weighted by molar-refractivity contribution is 7.99. The van der Waals surface area contributed by atoms with Crippen LogP contribution in [0.2, 0.25) is 0 Å². The SMILES string of the molecule is C=CCn1c(SCC(=O)Nc2nc(C)c(C)s2)nnc1C(C)NC(=O)c1ccccc1F. The van der Waals surface area contributed by atoms with E-state index < -0.39 is 17.8 Å². The molecule has 32 heavy (non-hydrogen) atoms. The number of hydrogen-bond acceptors (Lipinski definition) is 7. The van der Waals surface area contributed by atoms with Gasteiger partial charge in [-0.2, -0.15) is 0 Å². The lowest BCUT2D eigenvalue weighted by Crippen LogP contribution is -2.29. The van der Waals surface area contributed by atoms with Crippen LogP contribution in [-0.2, 0) is 11.3 Å². The third-order valence-corrected chi connectivity index (χ3v) is 6.47. The van der Waals surface area contributed by atoms with Crippen LogP contribution in [-0.4, -0.2) is 37.3 Å². The van der Waals surface area contributed by atoms with E-state index >= 15 is 0 Å². The molecule has 0 aliphatic heterocycles. The minimum atomic E-state index is -0.599. The molecule has 2 aromatic heterocycles. The monoisotopic (exact) mass is 474 g/mol. The van der Waals surface area contributed by atoms with Gasteiger partial charge in [0.15, 0.2) is 16.1 Å². The molecule has 11 heteroatoms. The smallest absolute Gasteiger partial charge is 0.254 e. The number of carbonyl (C=O) groups excluding carboxylic acids is 2. The van der Waals surface area contributed by atoms with Crippen LogP contribution in [0.1, 0.15) is 39.7 Å². The molecule has 0 aliphatic carbocycles. The molecule has 2 amide bonds. The average molecular weight is 475 g/mol. The number of aryl methyl sites for hydroxylation is 2. The Morgan fingerprint density at radius 1 is 1.31 bits per heavy atom. The van der Waals surface area contributed by atoms with Gasteiger partial charge < -0.3 is 15.2 Å². The third-order valence-electron chi connectivity index (χ3n) is 4.52. The quantitative estimate of drug-likeness (QED) is 0.360. The Kier molecular flexibility index (Phi) is 7.75. The summed E-state index contributed by atoms with van der Waals surface area (Å²) >= 11 is 2.64. The Labute approximate surface area is 193 Å². The van der Waals surface area contributed by atoms with Gasteiger partial charge in [-0.1, -0.05) is 30.0 Å². The maximum atomic E-state index is 13.9. The van der Waals surface area contributed by atoms with E-state index in [-0.39, 0.29) is 17.2 Å². The maximum absolute atomic E-state index is 13.9. The van der Waals surface area contributed by atoms with Gasteiger partial charge in [-0.15, -0.1) is 28.1 Å². The number of anilines is 1. The Morgan fingerprint density at radius 2 is 2.06 bits per heavy atom. The molecule has 0 radical (unpaired) electrons. The molecule has 3 aromatic rings. The topological polar surface area (TPSA) is 102 Å². The highest BCUT2D eigenvalue weighted by atomic mass is 32.2. The van der Waals surface area contributed by atoms with E-state index in [1.165, 1.54) is 41.3 Å². The predicted molar refractivity (Wildman–Crippen MR) is 123 cm³/mol. The zero-order chi connectivity index (χ0) is 23.3. The fourth-order valence-electron chi connectivity index (χ4n) is 2.82. The van der Waals surface area contributed by atoms with Gasteiger partial charge >= 0.3 is 0 Å². The number of nitrogens with one attached hydrogen (secondary N) is 2. The van der Waals surface area contributed by atoms with E-state index in [1.807, 2.05) is 13.8 Å². The summed E-state index contributed by atoms with van der Waals surface area (Å²) in [6.45, 7) is 9.71. The van der Waals surface area contributed by atoms with Gasteiger partial charge in [0.1, 0.15) is 5.82 Å². The molecule has 0 bridgehead atoms. The highest BCUT2D eigenvalue weighted by Crippen LogP contribution is 2.24. The summed E-state index contributed by atoms with van der Waals surface area (Å²) in [7, 11) is 0. The minimum Gasteiger partial charge on any atom is -0.342 e. The van der Waals surface area contributed by atoms with Crippen molar-refractivity contribution in [1.29, 1.82) is 0 Å². The number of thiazole rings is 1. The molecule has 1 aromatic carbocycles. The molecule has 0 aliphatic rings. The lowest BCUT2D eigenvalue weighted by Gasteiger charge is -2.15. The lowest BCUT2D eigenvalue weighted by molar-refractivity contribution is -0.113. The molecular formula is C21H23FN6O2S2. The summed E-state index contributed by atoms with van der Waals surface area (Å²) in [4.78, 5) is 30.1. The van der Waals surface area contributed by atoms with Crippen molar-refractivity contribution in [3.05, 3.63) is 64.7 Å². The summed E-state index contributed by atoms with van der Waals surface area (Å²) < 4.78 is 15.7. The summed E-state index contributed by atoms with van der Waals surface area (Å²) in [6, 6.07) is 5.22. The molecule has 2 heterocycles. The standard InChI is InChI=1S/C21H23FN6O2S2/c1-5-10-28-18(13(3)23-19(30)15-8-6-7-9-16(15)22)26-27-21(28)31-11-17(29)25-20-24-12(2)14(4)32-20/h5-9,13H,1,10-11H2,2-4H3,(H,23,30)(H,24,25,29). The Morgan fingerprint density at radius 3 is 2.72 bits per heavy atom. The first kappa shape index (κ1) is 23.6. The van der Waals surface area contributed by atoms with Gasteiger partial charge in [-0.05, 0) is 32.9 Å². The maximum Gasteiger partial charge on any atom is 0.254 e. The Balaban J connectivity index is 1.67. The van der Waals surface area contributed by atoms with Crippen molar-refractivity contribution in [1.82, 2.24) is 25.1 Å². The lowest BCUT2D eigenvalue weighted by atomic mass is 10.2. The largest absolute Gasteiger partial charge is 0.342 e. The molecule has 0 fully saturated rings. The van der Waals surface area contributed by atoms with Crippen molar-refractivity contribution in [2.24, 2.45) is 0 Å². The van der Waals surface area contributed by atoms with Crippen molar-refractivity contribution < 1.29 is 14.0 Å². The number of benzene rings is 1. The normalized spacial score (nSPS) is 11.8. The third kappa shape index (κ3) is 5.60. The molecular weight excluding hydrogens is 451 g/mol. The summed E-state index contributed by atoms with van der Waals surface area (Å²) in [5.74, 6) is -0.768. The van der Waals surface area contributed by atoms with Crippen LogP contribution in [0.3, 0.4) is 0 Å². The van der Waals surface area contributed by atoms with Gasteiger partial charge in [0.2, 0.25) is 5.91 Å². The molecule has 8 nitrogen and oxygen atoms in total. The number of halogens is 1. The number of allylic oxidation sites excluding steroid dienone is 1. The number of carbonyl (C=O) groups is 2. The molecule has 168 valence electrons. The predicted octanol–water partition coefficient (Wildman–Crippen LogP) is 3.90. The molecule has 0 spiro atoms. The second kappa shape index (κ2) is 10.5. The van der Waals surface area contributed by atoms with Crippen LogP contribution in [0, 0.1) is 19.7 Å². The summed E-state index contributed by atoms with van der Waals surface area (Å²) in [5.41, 5.74) is 0.841. The number of rotatable bonds is 9. The van der Waals surface area contributed by atoms with Crippen LogP contribution in [0.5, 0.6) is 0 Å². The van der Waals surface area contributed by atoms with E-state index in [2.05, 4.69) is 32.4 Å². The fraction of sp³-hybridized carbons (Fsp3) is 0.286. The second-order valence-electron chi connectivity index (χ2n) is 6.91. The number of aromatic nitrogens is 4. The van der Waals surface area contributed by atoms with Gasteiger partial charge in [0, 0.05) is 11.4 Å². The Bertz CT molecular complexity index is 1120. The number of amides is 2. The van der Waals surface area contributed by atoms with Gasteiger partial charge in [-0.3, -0.25) is 9.59 Å². The van der Waals surface area contributed by atoms with Crippen LogP contribution in [0.25, 0.3) is 0 Å². The van der Waals surface area contributed by atoms with Crippen molar-refractivity contribution in [3.8, 4) is 0 Å². The highest BCUT2D eigenvalue weighted by Gasteiger charge is 2.21. The minimum absolute atomic E-state index is 0.0481. The zero-order valence-electron chi connectivity index (χ0n) is 17.9. The molecule has 1 atom stereocenters. The van der Waals surface area contributed by atoms with Crippen LogP contribution in [0.4, 0.5) is 9.52 Å². The molecule has 1 unspecified atom stereocenters. The van der Waals surface area contributed by atoms with E-state index in [4.69, 9.17) is 0 Å². The fourth-order valence-corrected chi connectivity index (χ4v) is 4.41. The number of thioether (sulfide) groups is 1. The second-order valence-corrected chi connectivity index (χ2v) is 9.06. The molecule has 3 rings (SSSR count). The number of hydrogen-bond donors (Lipinski definition) is 2. The van der Waals surface area contributed by atoms with Crippen molar-refractivity contribution in [2.75, 3.05) is 11.1 Å². The average Bonchev–Trinajstić information content (AvgIpc) is 3.29. The van der Waals surface area contributed by atoms with Crippen LogP contribution >= 0.6 is 23.1 Å².